The molecule has 94 valence electrons. The summed E-state index contributed by atoms with van der Waals surface area (Å²) in [4.78, 5) is 2.52. The Morgan fingerprint density at radius 1 is 1.06 bits per heavy atom. The van der Waals surface area contributed by atoms with Crippen LogP contribution < -0.4 is 0 Å². The van der Waals surface area contributed by atoms with Gasteiger partial charge in [-0.1, -0.05) is 50.3 Å². The van der Waals surface area contributed by atoms with E-state index < -0.39 is 0 Å². The maximum atomic E-state index is 3.96. The lowest BCUT2D eigenvalue weighted by Gasteiger charge is -2.21. The minimum Gasteiger partial charge on any atom is -0.299 e. The first-order valence-corrected chi connectivity index (χ1v) is 6.64. The molecule has 0 bridgehead atoms. The molecule has 17 heavy (non-hydrogen) atoms. The molecular formula is C16H25N. The average Bonchev–Trinajstić information content (AvgIpc) is 2.30. The lowest BCUT2D eigenvalue weighted by Crippen LogP contribution is -2.24. The summed E-state index contributed by atoms with van der Waals surface area (Å²) in [6.45, 7) is 13.9. The van der Waals surface area contributed by atoms with Crippen LogP contribution in [0.1, 0.15) is 44.7 Å². The van der Waals surface area contributed by atoms with Gasteiger partial charge in [0.25, 0.3) is 0 Å². The highest BCUT2D eigenvalue weighted by molar-refractivity contribution is 5.61. The number of nitrogens with zero attached hydrogens (tertiary/aromatic N) is 1. The fraction of sp³-hybridized carbons (Fsp3) is 0.500. The monoisotopic (exact) mass is 231 g/mol. The molecule has 0 N–H and O–H groups in total. The first-order valence-electron chi connectivity index (χ1n) is 6.64. The van der Waals surface area contributed by atoms with E-state index in [1.807, 2.05) is 0 Å². The van der Waals surface area contributed by atoms with E-state index in [9.17, 15) is 0 Å². The molecular weight excluding hydrogens is 206 g/mol. The van der Waals surface area contributed by atoms with Gasteiger partial charge < -0.3 is 0 Å². The Hall–Kier alpha value is -1.08. The molecule has 1 heteroatoms. The second kappa shape index (κ2) is 7.29. The summed E-state index contributed by atoms with van der Waals surface area (Å²) in [6, 6.07) is 8.80. The maximum absolute atomic E-state index is 3.96. The normalized spacial score (nSPS) is 10.8. The third-order valence-corrected chi connectivity index (χ3v) is 2.93. The Kier molecular flexibility index (Phi) is 5.99. The van der Waals surface area contributed by atoms with Crippen molar-refractivity contribution in [1.29, 1.82) is 0 Å². The average molecular weight is 231 g/mol. The Morgan fingerprint density at radius 3 is 2.00 bits per heavy atom. The molecule has 0 amide bonds. The van der Waals surface area contributed by atoms with Crippen molar-refractivity contribution in [3.63, 3.8) is 0 Å². The fourth-order valence-corrected chi connectivity index (χ4v) is 2.06. The number of benzene rings is 1. The van der Waals surface area contributed by atoms with Crippen LogP contribution in [0.5, 0.6) is 0 Å². The summed E-state index contributed by atoms with van der Waals surface area (Å²) in [5, 5.41) is 0. The predicted molar refractivity (Wildman–Crippen MR) is 77.0 cm³/mol. The van der Waals surface area contributed by atoms with Crippen molar-refractivity contribution in [3.05, 3.63) is 42.0 Å². The van der Waals surface area contributed by atoms with Crippen LogP contribution in [0.3, 0.4) is 0 Å². The lowest BCUT2D eigenvalue weighted by atomic mass is 10.1. The number of allylic oxidation sites excluding steroid dienone is 1. The van der Waals surface area contributed by atoms with Crippen LogP contribution >= 0.6 is 0 Å². The molecule has 1 aromatic carbocycles. The van der Waals surface area contributed by atoms with E-state index in [0.29, 0.717) is 0 Å². The molecule has 0 atom stereocenters. The SMILES string of the molecule is C=C(C)c1ccc(CN(CCC)CCC)cc1. The van der Waals surface area contributed by atoms with Crippen molar-refractivity contribution in [1.82, 2.24) is 4.90 Å². The largest absolute Gasteiger partial charge is 0.299 e. The van der Waals surface area contributed by atoms with E-state index in [4.69, 9.17) is 0 Å². The summed E-state index contributed by atoms with van der Waals surface area (Å²) < 4.78 is 0. The van der Waals surface area contributed by atoms with Crippen molar-refractivity contribution in [2.24, 2.45) is 0 Å². The molecule has 0 radical (unpaired) electrons. The molecule has 1 nitrogen and oxygen atoms in total. The first-order chi connectivity index (χ1) is 8.17. The number of hydrogen-bond donors (Lipinski definition) is 0. The van der Waals surface area contributed by atoms with Crippen molar-refractivity contribution in [2.75, 3.05) is 13.1 Å². The molecule has 1 aromatic rings. The third-order valence-electron chi connectivity index (χ3n) is 2.93. The first kappa shape index (κ1) is 14.0. The number of rotatable bonds is 7. The van der Waals surface area contributed by atoms with Gasteiger partial charge in [-0.05, 0) is 44.0 Å². The Labute approximate surface area is 106 Å². The minimum atomic E-state index is 1.07. The van der Waals surface area contributed by atoms with Crippen LogP contribution in [0.25, 0.3) is 5.57 Å². The Morgan fingerprint density at radius 2 is 1.59 bits per heavy atom. The van der Waals surface area contributed by atoms with Gasteiger partial charge in [-0.25, -0.2) is 0 Å². The van der Waals surface area contributed by atoms with E-state index >= 15 is 0 Å². The summed E-state index contributed by atoms with van der Waals surface area (Å²) >= 11 is 0. The van der Waals surface area contributed by atoms with Gasteiger partial charge in [0.15, 0.2) is 0 Å². The van der Waals surface area contributed by atoms with Gasteiger partial charge in [0.2, 0.25) is 0 Å². The standard InChI is InChI=1S/C16H25N/c1-5-11-17(12-6-2)13-15-7-9-16(10-8-15)14(3)4/h7-10H,3,5-6,11-13H2,1-2,4H3. The predicted octanol–water partition coefficient (Wildman–Crippen LogP) is 4.34. The van der Waals surface area contributed by atoms with Gasteiger partial charge >= 0.3 is 0 Å². The molecule has 0 aliphatic rings. The van der Waals surface area contributed by atoms with Crippen LogP contribution in [0, 0.1) is 0 Å². The highest BCUT2D eigenvalue weighted by atomic mass is 15.1. The molecule has 0 saturated heterocycles. The summed E-state index contributed by atoms with van der Waals surface area (Å²) in [7, 11) is 0. The number of hydrogen-bond acceptors (Lipinski definition) is 1. The maximum Gasteiger partial charge on any atom is 0.0233 e. The lowest BCUT2D eigenvalue weighted by molar-refractivity contribution is 0.266. The zero-order valence-corrected chi connectivity index (χ0v) is 11.5. The topological polar surface area (TPSA) is 3.24 Å². The molecule has 0 aromatic heterocycles. The summed E-state index contributed by atoms with van der Waals surface area (Å²) in [5.41, 5.74) is 3.78. The zero-order chi connectivity index (χ0) is 12.7. The van der Waals surface area contributed by atoms with Crippen LogP contribution in [0.2, 0.25) is 0 Å². The van der Waals surface area contributed by atoms with Crippen molar-refractivity contribution in [3.8, 4) is 0 Å². The molecule has 0 aliphatic heterocycles. The van der Waals surface area contributed by atoms with E-state index in [0.717, 1.165) is 12.1 Å². The van der Waals surface area contributed by atoms with E-state index in [-0.39, 0.29) is 0 Å². The van der Waals surface area contributed by atoms with Crippen LogP contribution in [-0.2, 0) is 6.54 Å². The van der Waals surface area contributed by atoms with Gasteiger partial charge in [-0.15, -0.1) is 0 Å². The van der Waals surface area contributed by atoms with E-state index in [1.165, 1.54) is 37.1 Å². The van der Waals surface area contributed by atoms with E-state index in [2.05, 4.69) is 56.5 Å². The van der Waals surface area contributed by atoms with Crippen molar-refractivity contribution < 1.29 is 0 Å². The van der Waals surface area contributed by atoms with Crippen LogP contribution in [0.15, 0.2) is 30.8 Å². The molecule has 0 aliphatic carbocycles. The Balaban J connectivity index is 2.62. The second-order valence-electron chi connectivity index (χ2n) is 4.75. The van der Waals surface area contributed by atoms with Gasteiger partial charge in [0.05, 0.1) is 0 Å². The highest BCUT2D eigenvalue weighted by Crippen LogP contribution is 2.14. The molecule has 0 unspecified atom stereocenters. The quantitative estimate of drug-likeness (QED) is 0.674. The summed E-state index contributed by atoms with van der Waals surface area (Å²) in [6.07, 6.45) is 2.45. The van der Waals surface area contributed by atoms with Crippen molar-refractivity contribution >= 4 is 5.57 Å². The second-order valence-corrected chi connectivity index (χ2v) is 4.75. The van der Waals surface area contributed by atoms with Crippen LogP contribution in [0.4, 0.5) is 0 Å². The molecule has 0 saturated carbocycles. The minimum absolute atomic E-state index is 1.07. The van der Waals surface area contributed by atoms with Crippen molar-refractivity contribution in [2.45, 2.75) is 40.2 Å². The molecule has 0 heterocycles. The van der Waals surface area contributed by atoms with Gasteiger partial charge in [0, 0.05) is 6.54 Å². The zero-order valence-electron chi connectivity index (χ0n) is 11.5. The fourth-order valence-electron chi connectivity index (χ4n) is 2.06. The smallest absolute Gasteiger partial charge is 0.0233 e. The molecule has 0 fully saturated rings. The van der Waals surface area contributed by atoms with E-state index in [1.54, 1.807) is 0 Å². The van der Waals surface area contributed by atoms with Gasteiger partial charge in [-0.2, -0.15) is 0 Å². The van der Waals surface area contributed by atoms with Gasteiger partial charge in [0.1, 0.15) is 0 Å². The molecule has 0 spiro atoms. The third kappa shape index (κ3) is 4.74. The van der Waals surface area contributed by atoms with Gasteiger partial charge in [-0.3, -0.25) is 4.90 Å². The van der Waals surface area contributed by atoms with Crippen LogP contribution in [-0.4, -0.2) is 18.0 Å². The highest BCUT2D eigenvalue weighted by Gasteiger charge is 2.03. The Bertz CT molecular complexity index is 331. The summed E-state index contributed by atoms with van der Waals surface area (Å²) in [5.74, 6) is 0. The molecule has 1 rings (SSSR count).